The number of carbonyl (C=O) groups is 1. The van der Waals surface area contributed by atoms with Crippen molar-refractivity contribution in [2.75, 3.05) is 6.26 Å². The monoisotopic (exact) mass is 344 g/mol. The van der Waals surface area contributed by atoms with Crippen LogP contribution in [-0.2, 0) is 11.3 Å². The first-order valence-electron chi connectivity index (χ1n) is 5.96. The Morgan fingerprint density at radius 1 is 1.24 bits per heavy atom. The van der Waals surface area contributed by atoms with Gasteiger partial charge in [0.05, 0.1) is 15.6 Å². The summed E-state index contributed by atoms with van der Waals surface area (Å²) in [4.78, 5) is 12.9. The fourth-order valence-corrected chi connectivity index (χ4v) is 2.53. The van der Waals surface area contributed by atoms with Crippen LogP contribution < -0.4 is 0 Å². The van der Waals surface area contributed by atoms with Gasteiger partial charge in [0.1, 0.15) is 12.4 Å². The van der Waals surface area contributed by atoms with E-state index < -0.39 is 11.8 Å². The molecule has 2 aromatic rings. The van der Waals surface area contributed by atoms with Gasteiger partial charge in [0, 0.05) is 10.5 Å². The highest BCUT2D eigenvalue weighted by atomic mass is 35.5. The molecule has 0 aliphatic heterocycles. The van der Waals surface area contributed by atoms with Gasteiger partial charge in [0.15, 0.2) is 0 Å². The zero-order chi connectivity index (χ0) is 15.4. The number of ether oxygens (including phenoxy) is 1. The van der Waals surface area contributed by atoms with Crippen LogP contribution >= 0.6 is 35.0 Å². The lowest BCUT2D eigenvalue weighted by Gasteiger charge is -2.09. The molecule has 0 atom stereocenters. The predicted octanol–water partition coefficient (Wildman–Crippen LogP) is 5.21. The van der Waals surface area contributed by atoms with Crippen molar-refractivity contribution in [3.8, 4) is 0 Å². The molecule has 110 valence electrons. The van der Waals surface area contributed by atoms with Crippen molar-refractivity contribution in [3.63, 3.8) is 0 Å². The molecule has 0 saturated carbocycles. The van der Waals surface area contributed by atoms with Crippen LogP contribution in [0.15, 0.2) is 41.3 Å². The molecule has 0 bridgehead atoms. The number of hydrogen-bond donors (Lipinski definition) is 0. The van der Waals surface area contributed by atoms with Crippen LogP contribution in [0.3, 0.4) is 0 Å². The lowest BCUT2D eigenvalue weighted by molar-refractivity contribution is 0.0469. The maximum Gasteiger partial charge on any atom is 0.340 e. The molecule has 6 heteroatoms. The molecular formula is C15H11Cl2FO2S. The molecule has 0 fully saturated rings. The Kier molecular flexibility index (Phi) is 5.51. The van der Waals surface area contributed by atoms with Crippen molar-refractivity contribution in [3.05, 3.63) is 63.4 Å². The summed E-state index contributed by atoms with van der Waals surface area (Å²) < 4.78 is 18.7. The molecule has 0 radical (unpaired) electrons. The highest BCUT2D eigenvalue weighted by Gasteiger charge is 2.15. The van der Waals surface area contributed by atoms with Crippen LogP contribution in [0.5, 0.6) is 0 Å². The Bertz CT molecular complexity index is 656. The van der Waals surface area contributed by atoms with Crippen LogP contribution in [0, 0.1) is 5.82 Å². The molecule has 0 aromatic heterocycles. The van der Waals surface area contributed by atoms with E-state index in [1.165, 1.54) is 30.0 Å². The number of halogens is 3. The Balaban J connectivity index is 2.15. The fourth-order valence-electron chi connectivity index (χ4n) is 1.67. The van der Waals surface area contributed by atoms with E-state index >= 15 is 0 Å². The summed E-state index contributed by atoms with van der Waals surface area (Å²) in [5.74, 6) is -1.13. The maximum absolute atomic E-state index is 13.6. The minimum atomic E-state index is -0.616. The van der Waals surface area contributed by atoms with Gasteiger partial charge in [-0.05, 0) is 36.6 Å². The van der Waals surface area contributed by atoms with Crippen molar-refractivity contribution >= 4 is 40.9 Å². The predicted molar refractivity (Wildman–Crippen MR) is 83.8 cm³/mol. The zero-order valence-corrected chi connectivity index (χ0v) is 13.4. The number of hydrogen-bond acceptors (Lipinski definition) is 3. The van der Waals surface area contributed by atoms with Gasteiger partial charge in [-0.15, -0.1) is 11.8 Å². The van der Waals surface area contributed by atoms with Gasteiger partial charge in [-0.2, -0.15) is 0 Å². The van der Waals surface area contributed by atoms with E-state index in [1.54, 1.807) is 18.2 Å². The largest absolute Gasteiger partial charge is 0.457 e. The minimum absolute atomic E-state index is 0.143. The summed E-state index contributed by atoms with van der Waals surface area (Å²) in [5, 5.41) is 0.504. The maximum atomic E-state index is 13.6. The second-order valence-electron chi connectivity index (χ2n) is 4.12. The molecule has 0 unspecified atom stereocenters. The molecule has 0 spiro atoms. The lowest BCUT2D eigenvalue weighted by atomic mass is 10.2. The van der Waals surface area contributed by atoms with Gasteiger partial charge < -0.3 is 4.74 Å². The molecule has 0 aliphatic carbocycles. The van der Waals surface area contributed by atoms with Crippen LogP contribution in [0.25, 0.3) is 0 Å². The smallest absolute Gasteiger partial charge is 0.340 e. The topological polar surface area (TPSA) is 26.3 Å². The molecule has 2 aromatic carbocycles. The molecule has 0 heterocycles. The average molecular weight is 345 g/mol. The van der Waals surface area contributed by atoms with Crippen molar-refractivity contribution in [1.29, 1.82) is 0 Å². The molecule has 21 heavy (non-hydrogen) atoms. The van der Waals surface area contributed by atoms with Crippen LogP contribution in [0.2, 0.25) is 10.0 Å². The van der Waals surface area contributed by atoms with E-state index in [0.717, 1.165) is 4.90 Å². The van der Waals surface area contributed by atoms with Gasteiger partial charge >= 0.3 is 5.97 Å². The summed E-state index contributed by atoms with van der Waals surface area (Å²) in [5.41, 5.74) is 0.389. The minimum Gasteiger partial charge on any atom is -0.457 e. The number of benzene rings is 2. The van der Waals surface area contributed by atoms with Crippen molar-refractivity contribution < 1.29 is 13.9 Å². The first-order chi connectivity index (χ1) is 10.0. The molecule has 2 rings (SSSR count). The van der Waals surface area contributed by atoms with E-state index in [1.807, 2.05) is 6.26 Å². The van der Waals surface area contributed by atoms with Gasteiger partial charge in [-0.1, -0.05) is 29.3 Å². The van der Waals surface area contributed by atoms with Gasteiger partial charge in [-0.25, -0.2) is 9.18 Å². The van der Waals surface area contributed by atoms with E-state index in [4.69, 9.17) is 27.9 Å². The summed E-state index contributed by atoms with van der Waals surface area (Å²) in [6.07, 6.45) is 1.89. The summed E-state index contributed by atoms with van der Waals surface area (Å²) in [6.45, 7) is -0.246. The fraction of sp³-hybridized carbons (Fsp3) is 0.133. The second kappa shape index (κ2) is 7.16. The Labute approximate surface area is 136 Å². The second-order valence-corrected chi connectivity index (χ2v) is 5.82. The summed E-state index contributed by atoms with van der Waals surface area (Å²) >= 11 is 13.3. The number of carbonyl (C=O) groups excluding carboxylic acids is 1. The van der Waals surface area contributed by atoms with Gasteiger partial charge in [-0.3, -0.25) is 0 Å². The van der Waals surface area contributed by atoms with Crippen molar-refractivity contribution in [2.24, 2.45) is 0 Å². The third kappa shape index (κ3) is 3.90. The lowest BCUT2D eigenvalue weighted by Crippen LogP contribution is -2.07. The first kappa shape index (κ1) is 16.1. The molecule has 0 aliphatic rings. The first-order valence-corrected chi connectivity index (χ1v) is 7.94. The standard InChI is InChI=1S/C15H11Cl2FO2S/c1-21-9-5-6-13(17)10(7-9)15(19)20-8-11-12(16)3-2-4-14(11)18/h2-7H,8H2,1H3. The summed E-state index contributed by atoms with van der Waals surface area (Å²) in [7, 11) is 0. The number of esters is 1. The van der Waals surface area contributed by atoms with Crippen LogP contribution in [-0.4, -0.2) is 12.2 Å². The molecule has 2 nitrogen and oxygen atoms in total. The zero-order valence-electron chi connectivity index (χ0n) is 11.0. The molecule has 0 N–H and O–H groups in total. The Morgan fingerprint density at radius 2 is 2.00 bits per heavy atom. The molecule has 0 saturated heterocycles. The third-order valence-electron chi connectivity index (χ3n) is 2.80. The van der Waals surface area contributed by atoms with Crippen molar-refractivity contribution in [2.45, 2.75) is 11.5 Å². The van der Waals surface area contributed by atoms with E-state index in [0.29, 0.717) is 0 Å². The Morgan fingerprint density at radius 3 is 2.67 bits per heavy atom. The Hall–Kier alpha value is -1.23. The van der Waals surface area contributed by atoms with Crippen LogP contribution in [0.4, 0.5) is 4.39 Å². The van der Waals surface area contributed by atoms with E-state index in [9.17, 15) is 9.18 Å². The molecular weight excluding hydrogens is 334 g/mol. The SMILES string of the molecule is CSc1ccc(Cl)c(C(=O)OCc2c(F)cccc2Cl)c1. The molecule has 0 amide bonds. The highest BCUT2D eigenvalue weighted by Crippen LogP contribution is 2.25. The van der Waals surface area contributed by atoms with Gasteiger partial charge in [0.25, 0.3) is 0 Å². The summed E-state index contributed by atoms with van der Waals surface area (Å²) in [6, 6.07) is 9.35. The van der Waals surface area contributed by atoms with Gasteiger partial charge in [0.2, 0.25) is 0 Å². The average Bonchev–Trinajstić information content (AvgIpc) is 2.47. The van der Waals surface area contributed by atoms with Crippen LogP contribution in [0.1, 0.15) is 15.9 Å². The van der Waals surface area contributed by atoms with E-state index in [-0.39, 0.29) is 27.8 Å². The number of thioether (sulfide) groups is 1. The highest BCUT2D eigenvalue weighted by molar-refractivity contribution is 7.98. The normalized spacial score (nSPS) is 10.5. The third-order valence-corrected chi connectivity index (χ3v) is 4.21. The quantitative estimate of drug-likeness (QED) is 0.562. The number of rotatable bonds is 4. The van der Waals surface area contributed by atoms with Crippen molar-refractivity contribution in [1.82, 2.24) is 0 Å². The van der Waals surface area contributed by atoms with E-state index in [2.05, 4.69) is 0 Å².